The van der Waals surface area contributed by atoms with Crippen LogP contribution in [0, 0.1) is 0 Å². The van der Waals surface area contributed by atoms with Crippen LogP contribution in [0.15, 0.2) is 24.3 Å². The van der Waals surface area contributed by atoms with Gasteiger partial charge in [0.2, 0.25) is 0 Å². The van der Waals surface area contributed by atoms with Gasteiger partial charge in [0, 0.05) is 0 Å². The number of benzene rings is 1. The summed E-state index contributed by atoms with van der Waals surface area (Å²) in [5.41, 5.74) is 1.21. The molecule has 13 heavy (non-hydrogen) atoms. The lowest BCUT2D eigenvalue weighted by Gasteiger charge is -2.03. The lowest BCUT2D eigenvalue weighted by atomic mass is 10.1. The third-order valence-corrected chi connectivity index (χ3v) is 2.02. The number of aliphatic hydroxyl groups excluding tert-OH is 1. The number of phenols is 1. The summed E-state index contributed by atoms with van der Waals surface area (Å²) in [7, 11) is 0. The van der Waals surface area contributed by atoms with Crippen LogP contribution in [0.3, 0.4) is 0 Å². The lowest BCUT2D eigenvalue weighted by molar-refractivity contribution is 0.181. The molecule has 1 rings (SSSR count). The second-order valence-corrected chi connectivity index (χ2v) is 3.41. The average Bonchev–Trinajstić information content (AvgIpc) is 2.08. The minimum absolute atomic E-state index is 0.211. The van der Waals surface area contributed by atoms with E-state index in [9.17, 15) is 0 Å². The molecule has 2 nitrogen and oxygen atoms in total. The van der Waals surface area contributed by atoms with Gasteiger partial charge in [0.05, 0.1) is 6.10 Å². The van der Waals surface area contributed by atoms with Gasteiger partial charge in [0.15, 0.2) is 0 Å². The van der Waals surface area contributed by atoms with E-state index >= 15 is 0 Å². The number of hydrogen-bond donors (Lipinski definition) is 2. The second kappa shape index (κ2) is 4.87. The molecular formula is C11H16O2. The quantitative estimate of drug-likeness (QED) is 0.745. The Bertz CT molecular complexity index is 239. The molecule has 0 radical (unpaired) electrons. The summed E-state index contributed by atoms with van der Waals surface area (Å²) in [6.07, 6.45) is 2.58. The van der Waals surface area contributed by atoms with E-state index in [1.807, 2.05) is 12.1 Å². The average molecular weight is 180 g/mol. The van der Waals surface area contributed by atoms with Crippen molar-refractivity contribution in [1.29, 1.82) is 0 Å². The van der Waals surface area contributed by atoms with Crippen LogP contribution in [0.1, 0.15) is 25.3 Å². The summed E-state index contributed by atoms with van der Waals surface area (Å²) >= 11 is 0. The van der Waals surface area contributed by atoms with Gasteiger partial charge in [-0.15, -0.1) is 0 Å². The highest BCUT2D eigenvalue weighted by atomic mass is 16.3. The standard InChI is InChI=1S/C11H16O2/c1-9(12)3-2-4-10-5-7-11(13)8-6-10/h5-9,12-13H,2-4H2,1H3/t9-/m0/s1. The van der Waals surface area contributed by atoms with E-state index in [1.54, 1.807) is 19.1 Å². The number of rotatable bonds is 4. The molecule has 72 valence electrons. The van der Waals surface area contributed by atoms with Crippen LogP contribution < -0.4 is 0 Å². The van der Waals surface area contributed by atoms with Crippen LogP contribution in [0.25, 0.3) is 0 Å². The summed E-state index contributed by atoms with van der Waals surface area (Å²) in [6, 6.07) is 7.21. The zero-order valence-electron chi connectivity index (χ0n) is 7.90. The third kappa shape index (κ3) is 3.95. The molecule has 0 bridgehead atoms. The van der Waals surface area contributed by atoms with Crippen LogP contribution in [0.4, 0.5) is 0 Å². The maximum absolute atomic E-state index is 9.03. The smallest absolute Gasteiger partial charge is 0.115 e. The van der Waals surface area contributed by atoms with Crippen LogP contribution in [0.5, 0.6) is 5.75 Å². The van der Waals surface area contributed by atoms with Crippen LogP contribution >= 0.6 is 0 Å². The molecule has 0 saturated heterocycles. The van der Waals surface area contributed by atoms with Gasteiger partial charge >= 0.3 is 0 Å². The summed E-state index contributed by atoms with van der Waals surface area (Å²) in [5, 5.41) is 18.1. The monoisotopic (exact) mass is 180 g/mol. The van der Waals surface area contributed by atoms with Crippen molar-refractivity contribution in [2.45, 2.75) is 32.3 Å². The van der Waals surface area contributed by atoms with Crippen molar-refractivity contribution in [2.24, 2.45) is 0 Å². The van der Waals surface area contributed by atoms with Crippen LogP contribution in [-0.2, 0) is 6.42 Å². The first kappa shape index (κ1) is 10.1. The Hall–Kier alpha value is -1.02. The van der Waals surface area contributed by atoms with E-state index < -0.39 is 0 Å². The Balaban J connectivity index is 2.33. The molecule has 0 aromatic heterocycles. The van der Waals surface area contributed by atoms with E-state index in [-0.39, 0.29) is 6.10 Å². The van der Waals surface area contributed by atoms with E-state index in [1.165, 1.54) is 5.56 Å². The minimum atomic E-state index is -0.211. The van der Waals surface area contributed by atoms with E-state index in [4.69, 9.17) is 10.2 Å². The molecule has 0 saturated carbocycles. The van der Waals surface area contributed by atoms with Gasteiger partial charge in [0.1, 0.15) is 5.75 Å². The largest absolute Gasteiger partial charge is 0.508 e. The zero-order chi connectivity index (χ0) is 9.68. The summed E-state index contributed by atoms with van der Waals surface area (Å²) in [5.74, 6) is 0.305. The number of aromatic hydroxyl groups is 1. The van der Waals surface area contributed by atoms with Gasteiger partial charge in [-0.1, -0.05) is 12.1 Å². The minimum Gasteiger partial charge on any atom is -0.508 e. The summed E-state index contributed by atoms with van der Waals surface area (Å²) in [4.78, 5) is 0. The molecule has 1 aromatic carbocycles. The Morgan fingerprint density at radius 2 is 1.85 bits per heavy atom. The molecule has 2 heteroatoms. The number of phenolic OH excluding ortho intramolecular Hbond substituents is 1. The fraction of sp³-hybridized carbons (Fsp3) is 0.455. The second-order valence-electron chi connectivity index (χ2n) is 3.41. The Kier molecular flexibility index (Phi) is 3.77. The molecule has 1 aromatic rings. The Morgan fingerprint density at radius 1 is 1.23 bits per heavy atom. The maximum Gasteiger partial charge on any atom is 0.115 e. The number of aliphatic hydroxyl groups is 1. The first-order chi connectivity index (χ1) is 6.18. The third-order valence-electron chi connectivity index (χ3n) is 2.02. The molecular weight excluding hydrogens is 164 g/mol. The van der Waals surface area contributed by atoms with Gasteiger partial charge in [-0.25, -0.2) is 0 Å². The maximum atomic E-state index is 9.03. The van der Waals surface area contributed by atoms with Crippen molar-refractivity contribution in [1.82, 2.24) is 0 Å². The normalized spacial score (nSPS) is 12.8. The highest BCUT2D eigenvalue weighted by Crippen LogP contribution is 2.12. The van der Waals surface area contributed by atoms with E-state index in [2.05, 4.69) is 0 Å². The highest BCUT2D eigenvalue weighted by Gasteiger charge is 1.97. The predicted molar refractivity (Wildman–Crippen MR) is 52.7 cm³/mol. The summed E-state index contributed by atoms with van der Waals surface area (Å²) in [6.45, 7) is 1.80. The van der Waals surface area contributed by atoms with Gasteiger partial charge < -0.3 is 10.2 Å². The first-order valence-electron chi connectivity index (χ1n) is 4.64. The SMILES string of the molecule is C[C@H](O)CCCc1ccc(O)cc1. The molecule has 0 amide bonds. The molecule has 0 fully saturated rings. The van der Waals surface area contributed by atoms with Gasteiger partial charge in [-0.2, -0.15) is 0 Å². The van der Waals surface area contributed by atoms with Crippen molar-refractivity contribution >= 4 is 0 Å². The van der Waals surface area contributed by atoms with E-state index in [0.717, 1.165) is 19.3 Å². The van der Waals surface area contributed by atoms with Crippen molar-refractivity contribution in [2.75, 3.05) is 0 Å². The van der Waals surface area contributed by atoms with Gasteiger partial charge in [-0.05, 0) is 43.9 Å². The first-order valence-corrected chi connectivity index (χ1v) is 4.64. The zero-order valence-corrected chi connectivity index (χ0v) is 7.90. The molecule has 1 atom stereocenters. The summed E-state index contributed by atoms with van der Waals surface area (Å²) < 4.78 is 0. The Morgan fingerprint density at radius 3 is 2.38 bits per heavy atom. The van der Waals surface area contributed by atoms with Crippen molar-refractivity contribution in [3.05, 3.63) is 29.8 Å². The molecule has 0 heterocycles. The molecule has 2 N–H and O–H groups in total. The fourth-order valence-electron chi connectivity index (χ4n) is 1.26. The molecule has 0 aliphatic carbocycles. The van der Waals surface area contributed by atoms with Crippen LogP contribution in [0.2, 0.25) is 0 Å². The molecule has 0 aliphatic rings. The lowest BCUT2D eigenvalue weighted by Crippen LogP contribution is -1.99. The van der Waals surface area contributed by atoms with Crippen molar-refractivity contribution in [3.63, 3.8) is 0 Å². The Labute approximate surface area is 78.8 Å². The number of aryl methyl sites for hydroxylation is 1. The van der Waals surface area contributed by atoms with E-state index in [0.29, 0.717) is 5.75 Å². The topological polar surface area (TPSA) is 40.5 Å². The van der Waals surface area contributed by atoms with Gasteiger partial charge in [-0.3, -0.25) is 0 Å². The van der Waals surface area contributed by atoms with Crippen molar-refractivity contribution < 1.29 is 10.2 Å². The molecule has 0 unspecified atom stereocenters. The number of hydrogen-bond acceptors (Lipinski definition) is 2. The van der Waals surface area contributed by atoms with Gasteiger partial charge in [0.25, 0.3) is 0 Å². The predicted octanol–water partition coefficient (Wildman–Crippen LogP) is 2.10. The highest BCUT2D eigenvalue weighted by molar-refractivity contribution is 5.25. The fourth-order valence-corrected chi connectivity index (χ4v) is 1.26. The molecule has 0 aliphatic heterocycles. The van der Waals surface area contributed by atoms with Crippen molar-refractivity contribution in [3.8, 4) is 5.75 Å². The molecule has 0 spiro atoms. The van der Waals surface area contributed by atoms with Crippen LogP contribution in [-0.4, -0.2) is 16.3 Å².